The molecule has 3 aromatic heterocycles. The molecular formula is C20H17ClN6OS. The minimum absolute atomic E-state index is 0.0681. The van der Waals surface area contributed by atoms with E-state index >= 15 is 0 Å². The first-order valence-electron chi connectivity index (χ1n) is 9.25. The molecule has 0 saturated carbocycles. The summed E-state index contributed by atoms with van der Waals surface area (Å²) in [4.78, 5) is 26.9. The van der Waals surface area contributed by atoms with E-state index in [0.717, 1.165) is 34.3 Å². The molecule has 9 heteroatoms. The first-order chi connectivity index (χ1) is 14.2. The molecule has 0 atom stereocenters. The van der Waals surface area contributed by atoms with Crippen LogP contribution < -0.4 is 4.90 Å². The van der Waals surface area contributed by atoms with Crippen molar-refractivity contribution in [1.82, 2.24) is 24.6 Å². The molecule has 0 radical (unpaired) electrons. The molecule has 5 rings (SSSR count). The molecule has 1 aliphatic rings. The van der Waals surface area contributed by atoms with Crippen LogP contribution in [0.5, 0.6) is 0 Å². The number of aromatic nitrogens is 4. The van der Waals surface area contributed by atoms with Gasteiger partial charge in [-0.1, -0.05) is 35.1 Å². The molecule has 0 unspecified atom stereocenters. The van der Waals surface area contributed by atoms with Crippen molar-refractivity contribution in [3.05, 3.63) is 65.6 Å². The van der Waals surface area contributed by atoms with Crippen LogP contribution in [0.25, 0.3) is 16.0 Å². The van der Waals surface area contributed by atoms with Crippen molar-refractivity contribution in [2.24, 2.45) is 0 Å². The minimum Gasteiger partial charge on any atom is -0.344 e. The second-order valence-corrected chi connectivity index (χ2v) is 8.06. The Bertz CT molecular complexity index is 1150. The second kappa shape index (κ2) is 7.46. The van der Waals surface area contributed by atoms with Crippen LogP contribution in [0.15, 0.2) is 54.9 Å². The molecule has 0 N–H and O–H groups in total. The normalized spacial score (nSPS) is 14.5. The molecule has 0 aliphatic carbocycles. The number of rotatable bonds is 3. The number of carbonyl (C=O) groups excluding carboxylic acids is 1. The van der Waals surface area contributed by atoms with E-state index in [1.54, 1.807) is 40.5 Å². The van der Waals surface area contributed by atoms with Gasteiger partial charge in [-0.2, -0.15) is 5.10 Å². The van der Waals surface area contributed by atoms with Gasteiger partial charge in [-0.05, 0) is 30.3 Å². The number of benzene rings is 1. The van der Waals surface area contributed by atoms with E-state index in [1.807, 2.05) is 35.2 Å². The molecule has 1 amide bonds. The van der Waals surface area contributed by atoms with Crippen LogP contribution >= 0.6 is 22.9 Å². The largest absolute Gasteiger partial charge is 0.344 e. The average Bonchev–Trinajstić information content (AvgIpc) is 3.41. The summed E-state index contributed by atoms with van der Waals surface area (Å²) in [5.74, 6) is -0.0681. The minimum atomic E-state index is -0.0681. The Hall–Kier alpha value is -2.97. The molecule has 1 aliphatic heterocycles. The lowest BCUT2D eigenvalue weighted by Crippen LogP contribution is -2.48. The first kappa shape index (κ1) is 18.1. The molecule has 4 heterocycles. The van der Waals surface area contributed by atoms with Gasteiger partial charge in [0.05, 0.1) is 10.7 Å². The smallest absolute Gasteiger partial charge is 0.274 e. The number of carbonyl (C=O) groups is 1. The van der Waals surface area contributed by atoms with Crippen molar-refractivity contribution in [2.75, 3.05) is 31.1 Å². The molecule has 0 spiro atoms. The van der Waals surface area contributed by atoms with Crippen LogP contribution in [0.3, 0.4) is 0 Å². The zero-order chi connectivity index (χ0) is 19.8. The molecule has 7 nitrogen and oxygen atoms in total. The van der Waals surface area contributed by atoms with Crippen LogP contribution in [0.2, 0.25) is 5.02 Å². The van der Waals surface area contributed by atoms with E-state index in [0.29, 0.717) is 23.8 Å². The lowest BCUT2D eigenvalue weighted by molar-refractivity contribution is 0.0740. The predicted molar refractivity (Wildman–Crippen MR) is 114 cm³/mol. The Balaban J connectivity index is 1.27. The number of anilines is 1. The molecular weight excluding hydrogens is 408 g/mol. The third kappa shape index (κ3) is 3.45. The van der Waals surface area contributed by atoms with Gasteiger partial charge in [0.15, 0.2) is 10.8 Å². The molecule has 29 heavy (non-hydrogen) atoms. The highest BCUT2D eigenvalue weighted by molar-refractivity contribution is 7.21. The number of hydrogen-bond acceptors (Lipinski definition) is 6. The van der Waals surface area contributed by atoms with Gasteiger partial charge in [0.2, 0.25) is 0 Å². The van der Waals surface area contributed by atoms with Gasteiger partial charge in [0.25, 0.3) is 5.91 Å². The Morgan fingerprint density at radius 1 is 1.03 bits per heavy atom. The molecule has 0 bridgehead atoms. The fourth-order valence-electron chi connectivity index (χ4n) is 3.37. The third-order valence-electron chi connectivity index (χ3n) is 4.90. The number of halogens is 1. The highest BCUT2D eigenvalue weighted by Gasteiger charge is 2.25. The van der Waals surface area contributed by atoms with Crippen molar-refractivity contribution in [2.45, 2.75) is 0 Å². The van der Waals surface area contributed by atoms with Crippen LogP contribution in [-0.4, -0.2) is 56.7 Å². The van der Waals surface area contributed by atoms with Crippen LogP contribution in [0.4, 0.5) is 5.13 Å². The Morgan fingerprint density at radius 2 is 1.86 bits per heavy atom. The number of nitrogens with zero attached hydrogens (tertiary/aromatic N) is 6. The highest BCUT2D eigenvalue weighted by Crippen LogP contribution is 2.28. The zero-order valence-corrected chi connectivity index (χ0v) is 17.0. The van der Waals surface area contributed by atoms with Crippen molar-refractivity contribution in [3.8, 4) is 5.69 Å². The number of pyridine rings is 1. The standard InChI is InChI=1S/C20H17ClN6OS/c21-14-4-1-2-6-17(14)27-9-7-16(24-27)19(28)25-10-12-26(13-11-25)20-23-15-5-3-8-22-18(15)29-20/h1-9H,10-13H2. The number of hydrogen-bond donors (Lipinski definition) is 0. The lowest BCUT2D eigenvalue weighted by atomic mass is 10.3. The summed E-state index contributed by atoms with van der Waals surface area (Å²) < 4.78 is 1.64. The van der Waals surface area contributed by atoms with E-state index in [1.165, 1.54) is 0 Å². The van der Waals surface area contributed by atoms with Gasteiger partial charge < -0.3 is 9.80 Å². The summed E-state index contributed by atoms with van der Waals surface area (Å²) in [5.41, 5.74) is 2.08. The maximum atomic E-state index is 12.9. The molecule has 146 valence electrons. The van der Waals surface area contributed by atoms with Gasteiger partial charge in [-0.15, -0.1) is 0 Å². The van der Waals surface area contributed by atoms with Gasteiger partial charge in [0, 0.05) is 38.6 Å². The van der Waals surface area contributed by atoms with Crippen LogP contribution in [0.1, 0.15) is 10.5 Å². The van der Waals surface area contributed by atoms with Gasteiger partial charge >= 0.3 is 0 Å². The van der Waals surface area contributed by atoms with E-state index < -0.39 is 0 Å². The zero-order valence-electron chi connectivity index (χ0n) is 15.4. The molecule has 4 aromatic rings. The number of thiazole rings is 1. The van der Waals surface area contributed by atoms with Gasteiger partial charge in [-0.3, -0.25) is 4.79 Å². The van der Waals surface area contributed by atoms with E-state index in [4.69, 9.17) is 11.6 Å². The summed E-state index contributed by atoms with van der Waals surface area (Å²) in [6.07, 6.45) is 3.54. The van der Waals surface area contributed by atoms with E-state index in [2.05, 4.69) is 20.0 Å². The van der Waals surface area contributed by atoms with Gasteiger partial charge in [0.1, 0.15) is 10.3 Å². The Labute approximate surface area is 176 Å². The monoisotopic (exact) mass is 424 g/mol. The maximum absolute atomic E-state index is 12.9. The molecule has 1 fully saturated rings. The van der Waals surface area contributed by atoms with Crippen molar-refractivity contribution < 1.29 is 4.79 Å². The Morgan fingerprint density at radius 3 is 2.66 bits per heavy atom. The second-order valence-electron chi connectivity index (χ2n) is 6.70. The molecule has 1 saturated heterocycles. The fraction of sp³-hybridized carbons (Fsp3) is 0.200. The van der Waals surface area contributed by atoms with E-state index in [-0.39, 0.29) is 5.91 Å². The summed E-state index contributed by atoms with van der Waals surface area (Å²) >= 11 is 7.81. The van der Waals surface area contributed by atoms with Gasteiger partial charge in [-0.25, -0.2) is 14.6 Å². The maximum Gasteiger partial charge on any atom is 0.274 e. The summed E-state index contributed by atoms with van der Waals surface area (Å²) in [6.45, 7) is 2.72. The van der Waals surface area contributed by atoms with Crippen LogP contribution in [0, 0.1) is 0 Å². The average molecular weight is 425 g/mol. The SMILES string of the molecule is O=C(c1ccn(-c2ccccc2Cl)n1)N1CCN(c2nc3cccnc3s2)CC1. The topological polar surface area (TPSA) is 67.2 Å². The van der Waals surface area contributed by atoms with Crippen molar-refractivity contribution in [3.63, 3.8) is 0 Å². The molecule has 1 aromatic carbocycles. The van der Waals surface area contributed by atoms with Crippen molar-refractivity contribution >= 4 is 44.3 Å². The summed E-state index contributed by atoms with van der Waals surface area (Å²) in [6, 6.07) is 13.0. The summed E-state index contributed by atoms with van der Waals surface area (Å²) in [5, 5.41) is 5.98. The number of piperazine rings is 1. The van der Waals surface area contributed by atoms with E-state index in [9.17, 15) is 4.79 Å². The number of para-hydroxylation sites is 1. The van der Waals surface area contributed by atoms with Crippen LogP contribution in [-0.2, 0) is 0 Å². The van der Waals surface area contributed by atoms with Crippen molar-refractivity contribution in [1.29, 1.82) is 0 Å². The quantitative estimate of drug-likeness (QED) is 0.503. The number of fused-ring (bicyclic) bond motifs is 1. The Kier molecular flexibility index (Phi) is 4.65. The first-order valence-corrected chi connectivity index (χ1v) is 10.4. The number of amides is 1. The lowest BCUT2D eigenvalue weighted by Gasteiger charge is -2.34. The fourth-order valence-corrected chi connectivity index (χ4v) is 4.55. The summed E-state index contributed by atoms with van der Waals surface area (Å²) in [7, 11) is 0. The highest BCUT2D eigenvalue weighted by atomic mass is 35.5. The predicted octanol–water partition coefficient (Wildman–Crippen LogP) is 3.49. The third-order valence-corrected chi connectivity index (χ3v) is 6.26.